The van der Waals surface area contributed by atoms with Crippen molar-refractivity contribution >= 4 is 10.2 Å². The van der Waals surface area contributed by atoms with Gasteiger partial charge in [-0.15, -0.1) is 0 Å². The summed E-state index contributed by atoms with van der Waals surface area (Å²) in [4.78, 5) is 0. The minimum atomic E-state index is -3.46. The molecule has 1 saturated carbocycles. The van der Waals surface area contributed by atoms with Crippen molar-refractivity contribution in [3.8, 4) is 0 Å². The number of hydrogen-bond donors (Lipinski definition) is 1. The average Bonchev–Trinajstić information content (AvgIpc) is 2.63. The standard InChI is InChI=1S/C11H24N2O3S/c1-10(2)13(4)17(15,16)12(3)9-11(14)7-5-6-8-11/h10,14H,5-9H2,1-4H3. The molecule has 17 heavy (non-hydrogen) atoms. The summed E-state index contributed by atoms with van der Waals surface area (Å²) in [5.41, 5.74) is -0.834. The molecule has 1 N–H and O–H groups in total. The SMILES string of the molecule is CC(C)N(C)S(=O)(=O)N(C)CC1(O)CCCC1. The Labute approximate surface area is 105 Å². The van der Waals surface area contributed by atoms with E-state index in [0.29, 0.717) is 12.8 Å². The van der Waals surface area contributed by atoms with E-state index in [2.05, 4.69) is 0 Å². The van der Waals surface area contributed by atoms with Crippen molar-refractivity contribution in [1.29, 1.82) is 0 Å². The summed E-state index contributed by atoms with van der Waals surface area (Å²) in [6.45, 7) is 3.84. The molecule has 0 heterocycles. The van der Waals surface area contributed by atoms with Crippen LogP contribution in [0.1, 0.15) is 39.5 Å². The highest BCUT2D eigenvalue weighted by molar-refractivity contribution is 7.86. The van der Waals surface area contributed by atoms with Gasteiger partial charge in [-0.3, -0.25) is 0 Å². The number of likely N-dealkylation sites (N-methyl/N-ethyl adjacent to an activating group) is 1. The van der Waals surface area contributed by atoms with Crippen LogP contribution in [0.5, 0.6) is 0 Å². The van der Waals surface area contributed by atoms with Crippen LogP contribution in [0.4, 0.5) is 0 Å². The summed E-state index contributed by atoms with van der Waals surface area (Å²) in [7, 11) is -0.360. The maximum atomic E-state index is 12.1. The van der Waals surface area contributed by atoms with E-state index >= 15 is 0 Å². The number of hydrogen-bond acceptors (Lipinski definition) is 3. The maximum absolute atomic E-state index is 12.1. The lowest BCUT2D eigenvalue weighted by atomic mass is 10.0. The van der Waals surface area contributed by atoms with Gasteiger partial charge in [0.2, 0.25) is 0 Å². The number of aliphatic hydroxyl groups is 1. The summed E-state index contributed by atoms with van der Waals surface area (Å²) in [5, 5.41) is 10.2. The van der Waals surface area contributed by atoms with Crippen molar-refractivity contribution in [1.82, 2.24) is 8.61 Å². The smallest absolute Gasteiger partial charge is 0.281 e. The zero-order valence-corrected chi connectivity index (χ0v) is 12.0. The fraction of sp³-hybridized carbons (Fsp3) is 1.00. The maximum Gasteiger partial charge on any atom is 0.281 e. The zero-order chi connectivity index (χ0) is 13.3. The summed E-state index contributed by atoms with van der Waals surface area (Å²) in [6, 6.07) is -0.0827. The molecule has 5 nitrogen and oxygen atoms in total. The van der Waals surface area contributed by atoms with Crippen molar-refractivity contribution in [3.63, 3.8) is 0 Å². The summed E-state index contributed by atoms with van der Waals surface area (Å²) < 4.78 is 26.9. The molecule has 0 amide bonds. The molecule has 1 fully saturated rings. The molecule has 0 aliphatic heterocycles. The highest BCUT2D eigenvalue weighted by atomic mass is 32.2. The van der Waals surface area contributed by atoms with Crippen LogP contribution in [0.25, 0.3) is 0 Å². The van der Waals surface area contributed by atoms with Gasteiger partial charge in [0.1, 0.15) is 0 Å². The van der Waals surface area contributed by atoms with Crippen molar-refractivity contribution in [2.75, 3.05) is 20.6 Å². The molecular formula is C11H24N2O3S. The van der Waals surface area contributed by atoms with E-state index in [0.717, 1.165) is 12.8 Å². The molecule has 0 bridgehead atoms. The Balaban J connectivity index is 2.72. The van der Waals surface area contributed by atoms with Gasteiger partial charge in [0.15, 0.2) is 0 Å². The molecule has 0 saturated heterocycles. The molecule has 0 aromatic rings. The lowest BCUT2D eigenvalue weighted by Gasteiger charge is -2.32. The topological polar surface area (TPSA) is 60.9 Å². The highest BCUT2D eigenvalue weighted by Gasteiger charge is 2.36. The number of nitrogens with zero attached hydrogens (tertiary/aromatic N) is 2. The zero-order valence-electron chi connectivity index (χ0n) is 11.2. The Hall–Kier alpha value is -0.170. The predicted octanol–water partition coefficient (Wildman–Crippen LogP) is 0.808. The monoisotopic (exact) mass is 264 g/mol. The quantitative estimate of drug-likeness (QED) is 0.799. The molecule has 1 aliphatic rings. The Kier molecular flexibility index (Phi) is 4.57. The second-order valence-electron chi connectivity index (χ2n) is 5.31. The molecule has 1 rings (SSSR count). The van der Waals surface area contributed by atoms with Gasteiger partial charge >= 0.3 is 0 Å². The van der Waals surface area contributed by atoms with Gasteiger partial charge in [0.05, 0.1) is 5.60 Å². The molecule has 6 heteroatoms. The molecular weight excluding hydrogens is 240 g/mol. The Morgan fingerprint density at radius 3 is 2.12 bits per heavy atom. The van der Waals surface area contributed by atoms with E-state index in [1.165, 1.54) is 15.7 Å². The van der Waals surface area contributed by atoms with Crippen LogP contribution in [0, 0.1) is 0 Å². The van der Waals surface area contributed by atoms with E-state index in [4.69, 9.17) is 0 Å². The van der Waals surface area contributed by atoms with Crippen molar-refractivity contribution in [2.24, 2.45) is 0 Å². The van der Waals surface area contributed by atoms with Crippen LogP contribution in [0.2, 0.25) is 0 Å². The lowest BCUT2D eigenvalue weighted by molar-refractivity contribution is 0.0321. The predicted molar refractivity (Wildman–Crippen MR) is 67.9 cm³/mol. The largest absolute Gasteiger partial charge is 0.389 e. The number of rotatable bonds is 5. The fourth-order valence-corrected chi connectivity index (χ4v) is 3.55. The molecule has 0 radical (unpaired) electrons. The second kappa shape index (κ2) is 5.22. The molecule has 1 aliphatic carbocycles. The summed E-state index contributed by atoms with van der Waals surface area (Å²) >= 11 is 0. The summed E-state index contributed by atoms with van der Waals surface area (Å²) in [6.07, 6.45) is 3.34. The van der Waals surface area contributed by atoms with Gasteiger partial charge in [-0.05, 0) is 26.7 Å². The van der Waals surface area contributed by atoms with Crippen LogP contribution in [-0.2, 0) is 10.2 Å². The first-order valence-corrected chi connectivity index (χ1v) is 7.50. The average molecular weight is 264 g/mol. The Morgan fingerprint density at radius 2 is 1.71 bits per heavy atom. The minimum absolute atomic E-state index is 0.0827. The van der Waals surface area contributed by atoms with Crippen LogP contribution < -0.4 is 0 Å². The third-order valence-electron chi connectivity index (χ3n) is 3.54. The lowest BCUT2D eigenvalue weighted by Crippen LogP contribution is -2.48. The molecule has 0 spiro atoms. The van der Waals surface area contributed by atoms with E-state index in [1.807, 2.05) is 13.8 Å². The Morgan fingerprint density at radius 1 is 1.24 bits per heavy atom. The molecule has 0 aromatic carbocycles. The fourth-order valence-electron chi connectivity index (χ4n) is 2.17. The summed E-state index contributed by atoms with van der Waals surface area (Å²) in [5.74, 6) is 0. The van der Waals surface area contributed by atoms with Crippen LogP contribution >= 0.6 is 0 Å². The van der Waals surface area contributed by atoms with Gasteiger partial charge in [-0.25, -0.2) is 0 Å². The first-order chi connectivity index (χ1) is 7.69. The second-order valence-corrected chi connectivity index (χ2v) is 7.40. The normalized spacial score (nSPS) is 20.7. The van der Waals surface area contributed by atoms with Gasteiger partial charge < -0.3 is 5.11 Å². The minimum Gasteiger partial charge on any atom is -0.389 e. The van der Waals surface area contributed by atoms with Crippen molar-refractivity contribution < 1.29 is 13.5 Å². The van der Waals surface area contributed by atoms with E-state index in [-0.39, 0.29) is 12.6 Å². The third kappa shape index (κ3) is 3.40. The van der Waals surface area contributed by atoms with Crippen LogP contribution in [0.3, 0.4) is 0 Å². The van der Waals surface area contributed by atoms with E-state index < -0.39 is 15.8 Å². The van der Waals surface area contributed by atoms with Gasteiger partial charge in [0.25, 0.3) is 10.2 Å². The first-order valence-electron chi connectivity index (χ1n) is 6.11. The van der Waals surface area contributed by atoms with Crippen LogP contribution in [0.15, 0.2) is 0 Å². The molecule has 0 atom stereocenters. The van der Waals surface area contributed by atoms with Crippen molar-refractivity contribution in [2.45, 2.75) is 51.2 Å². The highest BCUT2D eigenvalue weighted by Crippen LogP contribution is 2.30. The Bertz CT molecular complexity index is 348. The molecule has 102 valence electrons. The van der Waals surface area contributed by atoms with E-state index in [9.17, 15) is 13.5 Å². The van der Waals surface area contributed by atoms with Crippen molar-refractivity contribution in [3.05, 3.63) is 0 Å². The molecule has 0 unspecified atom stereocenters. The van der Waals surface area contributed by atoms with Gasteiger partial charge in [0, 0.05) is 26.7 Å². The molecule has 0 aromatic heterocycles. The van der Waals surface area contributed by atoms with Crippen LogP contribution in [-0.4, -0.2) is 54.4 Å². The van der Waals surface area contributed by atoms with Gasteiger partial charge in [-0.2, -0.15) is 17.0 Å². The first kappa shape index (κ1) is 14.9. The van der Waals surface area contributed by atoms with E-state index in [1.54, 1.807) is 7.05 Å². The van der Waals surface area contributed by atoms with Gasteiger partial charge in [-0.1, -0.05) is 12.8 Å². The third-order valence-corrected chi connectivity index (χ3v) is 5.60.